The minimum absolute atomic E-state index is 0.0885. The molecule has 5 N–H and O–H groups in total. The number of aromatic nitrogens is 1. The van der Waals surface area contributed by atoms with Crippen LogP contribution in [0.3, 0.4) is 0 Å². The third-order valence-corrected chi connectivity index (χ3v) is 3.30. The van der Waals surface area contributed by atoms with Gasteiger partial charge in [-0.25, -0.2) is 4.98 Å². The van der Waals surface area contributed by atoms with Crippen molar-refractivity contribution in [1.29, 1.82) is 0 Å². The molecule has 0 fully saturated rings. The second kappa shape index (κ2) is 5.74. The van der Waals surface area contributed by atoms with Gasteiger partial charge in [0.25, 0.3) is 5.91 Å². The van der Waals surface area contributed by atoms with Crippen molar-refractivity contribution in [2.75, 3.05) is 5.32 Å². The first-order valence-electron chi connectivity index (χ1n) is 5.27. The molecular formula is C10H16N4O2S. The zero-order valence-electron chi connectivity index (χ0n) is 9.77. The van der Waals surface area contributed by atoms with Gasteiger partial charge in [-0.3, -0.25) is 9.59 Å². The van der Waals surface area contributed by atoms with Crippen LogP contribution in [0.4, 0.5) is 5.13 Å². The van der Waals surface area contributed by atoms with Crippen molar-refractivity contribution in [3.8, 4) is 0 Å². The molecule has 2 atom stereocenters. The van der Waals surface area contributed by atoms with E-state index < -0.39 is 11.9 Å². The van der Waals surface area contributed by atoms with Crippen LogP contribution in [0.1, 0.15) is 30.8 Å². The zero-order valence-corrected chi connectivity index (χ0v) is 10.6. The lowest BCUT2D eigenvalue weighted by atomic mass is 10.00. The maximum Gasteiger partial charge on any atom is 0.268 e. The summed E-state index contributed by atoms with van der Waals surface area (Å²) in [5.41, 5.74) is 11.0. The van der Waals surface area contributed by atoms with E-state index in [2.05, 4.69) is 10.3 Å². The summed E-state index contributed by atoms with van der Waals surface area (Å²) in [7, 11) is 0. The highest BCUT2D eigenvalue weighted by Crippen LogP contribution is 2.16. The average molecular weight is 256 g/mol. The van der Waals surface area contributed by atoms with Gasteiger partial charge in [0.05, 0.1) is 6.04 Å². The average Bonchev–Trinajstić information content (AvgIpc) is 2.75. The molecule has 0 spiro atoms. The van der Waals surface area contributed by atoms with E-state index >= 15 is 0 Å². The van der Waals surface area contributed by atoms with E-state index in [9.17, 15) is 9.59 Å². The molecule has 1 aromatic heterocycles. The Morgan fingerprint density at radius 2 is 2.24 bits per heavy atom. The van der Waals surface area contributed by atoms with E-state index in [-0.39, 0.29) is 17.5 Å². The number of nitrogens with one attached hydrogen (secondary N) is 1. The summed E-state index contributed by atoms with van der Waals surface area (Å²) in [5, 5.41) is 4.40. The van der Waals surface area contributed by atoms with Gasteiger partial charge in [-0.05, 0) is 5.92 Å². The van der Waals surface area contributed by atoms with Gasteiger partial charge in [0, 0.05) is 5.38 Å². The van der Waals surface area contributed by atoms with E-state index in [1.54, 1.807) is 0 Å². The maximum absolute atomic E-state index is 11.7. The van der Waals surface area contributed by atoms with Crippen molar-refractivity contribution in [1.82, 2.24) is 4.98 Å². The van der Waals surface area contributed by atoms with Gasteiger partial charge in [0.2, 0.25) is 5.91 Å². The summed E-state index contributed by atoms with van der Waals surface area (Å²) >= 11 is 1.14. The lowest BCUT2D eigenvalue weighted by Gasteiger charge is -2.16. The Morgan fingerprint density at radius 1 is 1.59 bits per heavy atom. The molecule has 0 radical (unpaired) electrons. The summed E-state index contributed by atoms with van der Waals surface area (Å²) in [6.07, 6.45) is 0.818. The normalized spacial score (nSPS) is 14.1. The van der Waals surface area contributed by atoms with Gasteiger partial charge >= 0.3 is 0 Å². The fraction of sp³-hybridized carbons (Fsp3) is 0.500. The van der Waals surface area contributed by atoms with Gasteiger partial charge in [-0.2, -0.15) is 0 Å². The van der Waals surface area contributed by atoms with E-state index in [4.69, 9.17) is 11.5 Å². The lowest BCUT2D eigenvalue weighted by Crippen LogP contribution is -2.40. The molecule has 1 heterocycles. The van der Waals surface area contributed by atoms with Crippen molar-refractivity contribution >= 4 is 28.3 Å². The van der Waals surface area contributed by atoms with Crippen LogP contribution >= 0.6 is 11.3 Å². The second-order valence-corrected chi connectivity index (χ2v) is 4.66. The van der Waals surface area contributed by atoms with Crippen molar-refractivity contribution < 1.29 is 9.59 Å². The van der Waals surface area contributed by atoms with Gasteiger partial charge in [-0.1, -0.05) is 20.3 Å². The Bertz CT molecular complexity index is 418. The molecule has 1 rings (SSSR count). The number of amides is 2. The molecule has 0 saturated carbocycles. The molecule has 2 unspecified atom stereocenters. The molecule has 7 heteroatoms. The van der Waals surface area contributed by atoms with Crippen molar-refractivity contribution in [2.45, 2.75) is 26.3 Å². The molecule has 17 heavy (non-hydrogen) atoms. The fourth-order valence-corrected chi connectivity index (χ4v) is 1.85. The SMILES string of the molecule is CCC(C)C(N)C(=O)Nc1nc(C(N)=O)cs1. The Morgan fingerprint density at radius 3 is 2.71 bits per heavy atom. The number of carbonyl (C=O) groups is 2. The molecule has 1 aromatic rings. The maximum atomic E-state index is 11.7. The van der Waals surface area contributed by atoms with Crippen molar-refractivity contribution in [2.24, 2.45) is 17.4 Å². The topological polar surface area (TPSA) is 111 Å². The van der Waals surface area contributed by atoms with Crippen LogP contribution in [0.2, 0.25) is 0 Å². The van der Waals surface area contributed by atoms with Crippen LogP contribution in [0.5, 0.6) is 0 Å². The number of anilines is 1. The van der Waals surface area contributed by atoms with Gasteiger partial charge in [0.1, 0.15) is 5.69 Å². The second-order valence-electron chi connectivity index (χ2n) is 3.80. The summed E-state index contributed by atoms with van der Waals surface area (Å²) in [4.78, 5) is 26.4. The molecule has 6 nitrogen and oxygen atoms in total. The van der Waals surface area contributed by atoms with Crippen LogP contribution in [0, 0.1) is 5.92 Å². The number of hydrogen-bond acceptors (Lipinski definition) is 5. The third-order valence-electron chi connectivity index (χ3n) is 2.55. The molecule has 0 aromatic carbocycles. The van der Waals surface area contributed by atoms with E-state index in [0.29, 0.717) is 5.13 Å². The van der Waals surface area contributed by atoms with Gasteiger partial charge < -0.3 is 16.8 Å². The van der Waals surface area contributed by atoms with Crippen molar-refractivity contribution in [3.05, 3.63) is 11.1 Å². The Labute approximate surface area is 103 Å². The summed E-state index contributed by atoms with van der Waals surface area (Å²) in [5.74, 6) is -0.830. The minimum atomic E-state index is -0.618. The van der Waals surface area contributed by atoms with Crippen LogP contribution in [0.25, 0.3) is 0 Å². The molecule has 0 bridgehead atoms. The zero-order chi connectivity index (χ0) is 13.0. The largest absolute Gasteiger partial charge is 0.364 e. The number of nitrogens with zero attached hydrogens (tertiary/aromatic N) is 1. The predicted molar refractivity (Wildman–Crippen MR) is 66.7 cm³/mol. The summed E-state index contributed by atoms with van der Waals surface area (Å²) in [6.45, 7) is 3.87. The van der Waals surface area contributed by atoms with Crippen molar-refractivity contribution in [3.63, 3.8) is 0 Å². The Balaban J connectivity index is 2.64. The fourth-order valence-electron chi connectivity index (χ4n) is 1.15. The molecule has 94 valence electrons. The predicted octanol–water partition coefficient (Wildman–Crippen LogP) is 0.554. The minimum Gasteiger partial charge on any atom is -0.364 e. The van der Waals surface area contributed by atoms with E-state index in [1.807, 2.05) is 13.8 Å². The Kier molecular flexibility index (Phi) is 4.59. The number of hydrogen-bond donors (Lipinski definition) is 3. The van der Waals surface area contributed by atoms with E-state index in [0.717, 1.165) is 17.8 Å². The molecule has 0 aliphatic carbocycles. The number of thiazole rings is 1. The highest BCUT2D eigenvalue weighted by molar-refractivity contribution is 7.14. The first kappa shape index (κ1) is 13.6. The number of rotatable bonds is 5. The lowest BCUT2D eigenvalue weighted by molar-refractivity contribution is -0.118. The highest BCUT2D eigenvalue weighted by Gasteiger charge is 2.20. The van der Waals surface area contributed by atoms with Crippen LogP contribution < -0.4 is 16.8 Å². The highest BCUT2D eigenvalue weighted by atomic mass is 32.1. The smallest absolute Gasteiger partial charge is 0.268 e. The number of primary amides is 1. The van der Waals surface area contributed by atoms with Crippen LogP contribution in [0.15, 0.2) is 5.38 Å². The number of nitrogens with two attached hydrogens (primary N) is 2. The quantitative estimate of drug-likeness (QED) is 0.714. The molecular weight excluding hydrogens is 240 g/mol. The molecule has 0 aliphatic heterocycles. The standard InChI is InChI=1S/C10H16N4O2S/c1-3-5(2)7(11)9(16)14-10-13-6(4-17-10)8(12)15/h4-5,7H,3,11H2,1-2H3,(H2,12,15)(H,13,14,16). The van der Waals surface area contributed by atoms with E-state index in [1.165, 1.54) is 5.38 Å². The Hall–Kier alpha value is -1.47. The van der Waals surface area contributed by atoms with Crippen LogP contribution in [-0.2, 0) is 4.79 Å². The number of carbonyl (C=O) groups excluding carboxylic acids is 2. The van der Waals surface area contributed by atoms with Gasteiger partial charge in [-0.15, -0.1) is 11.3 Å². The van der Waals surface area contributed by atoms with Crippen LogP contribution in [-0.4, -0.2) is 22.8 Å². The summed E-state index contributed by atoms with van der Waals surface area (Å²) < 4.78 is 0. The third kappa shape index (κ3) is 3.50. The first-order valence-corrected chi connectivity index (χ1v) is 6.15. The molecule has 0 saturated heterocycles. The first-order chi connectivity index (χ1) is 7.95. The monoisotopic (exact) mass is 256 g/mol. The summed E-state index contributed by atoms with van der Waals surface area (Å²) in [6, 6.07) is -0.582. The molecule has 2 amide bonds. The molecule has 0 aliphatic rings. The van der Waals surface area contributed by atoms with Gasteiger partial charge in [0.15, 0.2) is 5.13 Å².